The first-order valence-electron chi connectivity index (χ1n) is 9.86. The second kappa shape index (κ2) is 12.0. The number of ether oxygens (including phenoxy) is 4. The van der Waals surface area contributed by atoms with Crippen molar-refractivity contribution in [2.24, 2.45) is 0 Å². The number of aromatic nitrogens is 1. The Labute approximate surface area is 235 Å². The van der Waals surface area contributed by atoms with E-state index in [-0.39, 0.29) is 27.0 Å². The predicted octanol–water partition coefficient (Wildman–Crippen LogP) is 6.78. The fraction of sp³-hybridized carbons (Fsp3) is 0.529. The standard InChI is InChI=1S/C17H5F19N2O5S.H2O/c18-9(10(19,20)21,7(39)38-8-37-5-3-1-2-4-6(5)44-8)40-11(22,23)12(24,25)41-13(26,27)14(28,29)42-15(30,31)16(32,33)43-17(34,35)36;/h1-4H,(H,37,38,39);1H2. The highest BCUT2D eigenvalue weighted by atomic mass is 32.1. The third-order valence-corrected chi connectivity index (χ3v) is 5.16. The van der Waals surface area contributed by atoms with E-state index < -0.39 is 66.1 Å². The number of anilines is 1. The van der Waals surface area contributed by atoms with E-state index in [0.717, 1.165) is 11.4 Å². The van der Waals surface area contributed by atoms with E-state index in [1.165, 1.54) is 32.4 Å². The van der Waals surface area contributed by atoms with E-state index >= 15 is 0 Å². The Hall–Kier alpha value is -2.95. The monoisotopic (exact) mass is 728 g/mol. The average Bonchev–Trinajstić information content (AvgIpc) is 3.16. The lowest BCUT2D eigenvalue weighted by Crippen LogP contribution is -2.62. The normalized spacial score (nSPS) is 15.9. The minimum absolute atomic E-state index is 0. The summed E-state index contributed by atoms with van der Waals surface area (Å²) in [5.41, 5.74) is -0.130. The van der Waals surface area contributed by atoms with Crippen LogP contribution in [0.4, 0.5) is 88.5 Å². The van der Waals surface area contributed by atoms with E-state index in [1.54, 1.807) is 0 Å². The number of hydrogen-bond acceptors (Lipinski definition) is 7. The topological polar surface area (TPSA) is 110 Å². The molecule has 1 atom stereocenters. The van der Waals surface area contributed by atoms with Crippen LogP contribution in [0.2, 0.25) is 0 Å². The van der Waals surface area contributed by atoms with Gasteiger partial charge in [0.15, 0.2) is 5.13 Å². The molecule has 1 amide bonds. The molecule has 1 heterocycles. The van der Waals surface area contributed by atoms with Gasteiger partial charge in [0.25, 0.3) is 0 Å². The molecule has 1 aromatic carbocycles. The van der Waals surface area contributed by atoms with Gasteiger partial charge in [-0.25, -0.2) is 19.2 Å². The van der Waals surface area contributed by atoms with Crippen LogP contribution in [-0.2, 0) is 23.7 Å². The Morgan fingerprint density at radius 3 is 1.36 bits per heavy atom. The first kappa shape index (κ1) is 40.1. The molecule has 8 nitrogen and oxygen atoms in total. The Balaban J connectivity index is 0.0000101. The second-order valence-corrected chi connectivity index (χ2v) is 8.52. The van der Waals surface area contributed by atoms with Gasteiger partial charge < -0.3 is 5.48 Å². The van der Waals surface area contributed by atoms with Gasteiger partial charge in [-0.1, -0.05) is 23.5 Å². The Morgan fingerprint density at radius 1 is 0.600 bits per heavy atom. The number of carbonyl (C=O) groups excluding carboxylic acids is 1. The molecular weight excluding hydrogens is 721 g/mol. The van der Waals surface area contributed by atoms with Gasteiger partial charge in [-0.05, 0) is 12.1 Å². The summed E-state index contributed by atoms with van der Waals surface area (Å²) >= 11 is 0.220. The van der Waals surface area contributed by atoms with Crippen LogP contribution in [0.1, 0.15) is 0 Å². The average molecular weight is 728 g/mol. The summed E-state index contributed by atoms with van der Waals surface area (Å²) in [4.78, 5) is 15.2. The van der Waals surface area contributed by atoms with E-state index in [9.17, 15) is 88.2 Å². The molecule has 0 bridgehead atoms. The van der Waals surface area contributed by atoms with Crippen LogP contribution in [0.25, 0.3) is 10.2 Å². The van der Waals surface area contributed by atoms with Gasteiger partial charge in [0, 0.05) is 0 Å². The SMILES string of the molecule is O.O=C(Nc1nc2ccccc2s1)C(F)(OC(F)(F)C(F)(F)OC(F)(F)C(F)(F)OC(F)(F)C(F)(F)OC(F)(F)F)C(F)(F)F. The van der Waals surface area contributed by atoms with Gasteiger partial charge in [-0.3, -0.25) is 14.8 Å². The second-order valence-electron chi connectivity index (χ2n) is 7.49. The summed E-state index contributed by atoms with van der Waals surface area (Å²) in [7, 11) is 0. The number of thiazole rings is 1. The maximum absolute atomic E-state index is 14.5. The number of para-hydroxylation sites is 1. The van der Waals surface area contributed by atoms with Crippen molar-refractivity contribution in [3.63, 3.8) is 0 Å². The molecule has 0 aliphatic heterocycles. The van der Waals surface area contributed by atoms with Crippen LogP contribution in [0.5, 0.6) is 0 Å². The number of benzene rings is 1. The Morgan fingerprint density at radius 2 is 0.978 bits per heavy atom. The molecule has 0 radical (unpaired) electrons. The molecule has 0 saturated carbocycles. The van der Waals surface area contributed by atoms with E-state index in [2.05, 4.69) is 9.72 Å². The molecule has 28 heteroatoms. The number of halogens is 19. The summed E-state index contributed by atoms with van der Waals surface area (Å²) in [6.45, 7) is 0. The number of carbonyl (C=O) groups is 1. The van der Waals surface area contributed by atoms with Crippen LogP contribution in [-0.4, -0.2) is 71.4 Å². The number of amides is 1. The van der Waals surface area contributed by atoms with E-state index in [4.69, 9.17) is 0 Å². The quantitative estimate of drug-likeness (QED) is 0.242. The molecular formula is C17H7F19N2O6S. The molecule has 0 fully saturated rings. The van der Waals surface area contributed by atoms with Crippen LogP contribution < -0.4 is 5.32 Å². The zero-order valence-electron chi connectivity index (χ0n) is 19.9. The Kier molecular flexibility index (Phi) is 10.7. The lowest BCUT2D eigenvalue weighted by Gasteiger charge is -2.36. The molecule has 2 aromatic rings. The zero-order chi connectivity index (χ0) is 34.6. The number of alkyl halides is 19. The van der Waals surface area contributed by atoms with Gasteiger partial charge in [0.05, 0.1) is 10.2 Å². The maximum atomic E-state index is 14.5. The van der Waals surface area contributed by atoms with E-state index in [0.29, 0.717) is 0 Å². The van der Waals surface area contributed by atoms with Crippen molar-refractivity contribution < 1.29 is 113 Å². The molecule has 260 valence electrons. The fourth-order valence-electron chi connectivity index (χ4n) is 2.34. The molecule has 1 unspecified atom stereocenters. The molecule has 0 saturated heterocycles. The Bertz CT molecular complexity index is 1310. The number of fused-ring (bicyclic) bond motifs is 1. The van der Waals surface area contributed by atoms with E-state index in [1.807, 2.05) is 0 Å². The molecule has 0 aliphatic rings. The van der Waals surface area contributed by atoms with Crippen molar-refractivity contribution >= 4 is 32.6 Å². The summed E-state index contributed by atoms with van der Waals surface area (Å²) in [6, 6.07) is 4.89. The summed E-state index contributed by atoms with van der Waals surface area (Å²) in [5.74, 6) is -10.2. The molecule has 1 aromatic heterocycles. The highest BCUT2D eigenvalue weighted by molar-refractivity contribution is 7.22. The third kappa shape index (κ3) is 8.45. The van der Waals surface area contributed by atoms with Crippen LogP contribution >= 0.6 is 11.3 Å². The number of rotatable bonds is 12. The molecule has 0 aliphatic carbocycles. The van der Waals surface area contributed by atoms with Crippen molar-refractivity contribution in [2.75, 3.05) is 5.32 Å². The van der Waals surface area contributed by atoms with Crippen molar-refractivity contribution in [3.8, 4) is 0 Å². The first-order chi connectivity index (χ1) is 19.3. The van der Waals surface area contributed by atoms with Gasteiger partial charge >= 0.3 is 61.0 Å². The van der Waals surface area contributed by atoms with Crippen molar-refractivity contribution in [2.45, 2.75) is 55.0 Å². The third-order valence-electron chi connectivity index (χ3n) is 4.21. The number of nitrogens with zero attached hydrogens (tertiary/aromatic N) is 1. The van der Waals surface area contributed by atoms with Gasteiger partial charge in [-0.2, -0.15) is 70.2 Å². The van der Waals surface area contributed by atoms with Gasteiger partial charge in [0.1, 0.15) is 0 Å². The van der Waals surface area contributed by atoms with Crippen LogP contribution in [0.3, 0.4) is 0 Å². The maximum Gasteiger partial charge on any atom is 0.527 e. The molecule has 2 rings (SSSR count). The smallest absolute Gasteiger partial charge is 0.412 e. The minimum atomic E-state index is -7.83. The first-order valence-corrected chi connectivity index (χ1v) is 10.7. The predicted molar refractivity (Wildman–Crippen MR) is 102 cm³/mol. The highest BCUT2D eigenvalue weighted by Crippen LogP contribution is 2.52. The van der Waals surface area contributed by atoms with Crippen LogP contribution in [0.15, 0.2) is 24.3 Å². The number of hydrogen-bond donors (Lipinski definition) is 1. The lowest BCUT2D eigenvalue weighted by atomic mass is 10.2. The highest BCUT2D eigenvalue weighted by Gasteiger charge is 2.79. The summed E-state index contributed by atoms with van der Waals surface area (Å²) in [6.07, 6.45) is -59.9. The molecule has 45 heavy (non-hydrogen) atoms. The summed E-state index contributed by atoms with van der Waals surface area (Å²) < 4.78 is 256. The number of nitrogens with one attached hydrogen (secondary N) is 1. The van der Waals surface area contributed by atoms with Crippen molar-refractivity contribution in [1.29, 1.82) is 0 Å². The summed E-state index contributed by atoms with van der Waals surface area (Å²) in [5, 5.41) is -0.172. The lowest BCUT2D eigenvalue weighted by molar-refractivity contribution is -0.579. The minimum Gasteiger partial charge on any atom is -0.412 e. The molecule has 0 spiro atoms. The van der Waals surface area contributed by atoms with Crippen molar-refractivity contribution in [1.82, 2.24) is 4.98 Å². The van der Waals surface area contributed by atoms with Gasteiger partial charge in [-0.15, -0.1) is 13.2 Å². The zero-order valence-corrected chi connectivity index (χ0v) is 20.7. The van der Waals surface area contributed by atoms with Gasteiger partial charge in [0.2, 0.25) is 0 Å². The van der Waals surface area contributed by atoms with Crippen LogP contribution in [0, 0.1) is 0 Å². The van der Waals surface area contributed by atoms with Crippen molar-refractivity contribution in [3.05, 3.63) is 24.3 Å². The largest absolute Gasteiger partial charge is 0.527 e. The fourth-order valence-corrected chi connectivity index (χ4v) is 3.20. The molecule has 3 N–H and O–H groups in total.